The highest BCUT2D eigenvalue weighted by atomic mass is 19.1. The fourth-order valence-electron chi connectivity index (χ4n) is 2.28. The van der Waals surface area contributed by atoms with Crippen molar-refractivity contribution in [1.82, 2.24) is 10.6 Å². The summed E-state index contributed by atoms with van der Waals surface area (Å²) < 4.78 is 13.7. The molecule has 0 aromatic heterocycles. The van der Waals surface area contributed by atoms with E-state index in [4.69, 9.17) is 0 Å². The van der Waals surface area contributed by atoms with Gasteiger partial charge in [-0.05, 0) is 30.7 Å². The molecule has 0 heterocycles. The minimum absolute atomic E-state index is 0.111. The lowest BCUT2D eigenvalue weighted by Crippen LogP contribution is -2.37. The van der Waals surface area contributed by atoms with Gasteiger partial charge < -0.3 is 16.0 Å². The number of anilines is 1. The first-order chi connectivity index (χ1) is 12.1. The first kappa shape index (κ1) is 18.4. The lowest BCUT2D eigenvalue weighted by molar-refractivity contribution is -0.114. The Hall–Kier alpha value is -2.89. The van der Waals surface area contributed by atoms with E-state index in [0.717, 1.165) is 11.3 Å². The molecule has 6 heteroatoms. The third-order valence-electron chi connectivity index (χ3n) is 3.42. The predicted molar refractivity (Wildman–Crippen MR) is 98.8 cm³/mol. The van der Waals surface area contributed by atoms with Crippen LogP contribution < -0.4 is 16.0 Å². The number of benzene rings is 2. The van der Waals surface area contributed by atoms with Crippen molar-refractivity contribution >= 4 is 17.6 Å². The van der Waals surface area contributed by atoms with Crippen LogP contribution in [0.25, 0.3) is 0 Å². The highest BCUT2D eigenvalue weighted by molar-refractivity contribution is 5.88. The van der Waals surface area contributed by atoms with Crippen LogP contribution in [0.3, 0.4) is 0 Å². The van der Waals surface area contributed by atoms with Crippen LogP contribution in [-0.2, 0) is 17.9 Å². The zero-order valence-electron chi connectivity index (χ0n) is 14.5. The molecule has 2 rings (SSSR count). The van der Waals surface area contributed by atoms with Gasteiger partial charge in [0.05, 0.1) is 6.54 Å². The second-order valence-electron chi connectivity index (χ2n) is 5.52. The third kappa shape index (κ3) is 6.25. The van der Waals surface area contributed by atoms with Crippen molar-refractivity contribution in [2.24, 2.45) is 4.99 Å². The Labute approximate surface area is 147 Å². The summed E-state index contributed by atoms with van der Waals surface area (Å²) in [6.45, 7) is 4.94. The van der Waals surface area contributed by atoms with Crippen molar-refractivity contribution in [3.63, 3.8) is 0 Å². The molecular formula is C19H23FN4O. The quantitative estimate of drug-likeness (QED) is 0.558. The molecule has 1 amide bonds. The van der Waals surface area contributed by atoms with E-state index in [-0.39, 0.29) is 11.7 Å². The number of rotatable bonds is 6. The Morgan fingerprint density at radius 3 is 2.64 bits per heavy atom. The number of nitrogens with zero attached hydrogens (tertiary/aromatic N) is 1. The number of hydrogen-bond acceptors (Lipinski definition) is 2. The Bertz CT molecular complexity index is 746. The maximum Gasteiger partial charge on any atom is 0.221 e. The molecule has 0 aliphatic rings. The molecule has 0 aliphatic carbocycles. The van der Waals surface area contributed by atoms with Gasteiger partial charge in [-0.3, -0.25) is 4.79 Å². The van der Waals surface area contributed by atoms with E-state index in [2.05, 4.69) is 20.9 Å². The van der Waals surface area contributed by atoms with E-state index in [1.807, 2.05) is 31.2 Å². The van der Waals surface area contributed by atoms with E-state index in [1.54, 1.807) is 18.2 Å². The van der Waals surface area contributed by atoms with Crippen LogP contribution in [0.1, 0.15) is 25.0 Å². The number of aliphatic imine (C=N–C) groups is 1. The Kier molecular flexibility index (Phi) is 6.95. The van der Waals surface area contributed by atoms with Gasteiger partial charge in [0.15, 0.2) is 5.96 Å². The second kappa shape index (κ2) is 9.42. The van der Waals surface area contributed by atoms with Crippen molar-refractivity contribution in [2.45, 2.75) is 26.9 Å². The number of halogens is 1. The summed E-state index contributed by atoms with van der Waals surface area (Å²) in [4.78, 5) is 15.6. The van der Waals surface area contributed by atoms with E-state index in [1.165, 1.54) is 13.0 Å². The van der Waals surface area contributed by atoms with Gasteiger partial charge in [0.2, 0.25) is 5.91 Å². The molecule has 0 atom stereocenters. The largest absolute Gasteiger partial charge is 0.357 e. The van der Waals surface area contributed by atoms with E-state index < -0.39 is 0 Å². The van der Waals surface area contributed by atoms with Gasteiger partial charge in [0.1, 0.15) is 5.82 Å². The fourth-order valence-corrected chi connectivity index (χ4v) is 2.28. The summed E-state index contributed by atoms with van der Waals surface area (Å²) >= 11 is 0. The number of nitrogens with one attached hydrogen (secondary N) is 3. The summed E-state index contributed by atoms with van der Waals surface area (Å²) in [7, 11) is 0. The minimum Gasteiger partial charge on any atom is -0.357 e. The van der Waals surface area contributed by atoms with Crippen molar-refractivity contribution in [2.75, 3.05) is 11.9 Å². The van der Waals surface area contributed by atoms with Gasteiger partial charge in [-0.1, -0.05) is 30.3 Å². The molecular weight excluding hydrogens is 319 g/mol. The van der Waals surface area contributed by atoms with Crippen LogP contribution in [0.5, 0.6) is 0 Å². The molecule has 0 saturated heterocycles. The molecule has 2 aromatic rings. The average molecular weight is 342 g/mol. The highest BCUT2D eigenvalue weighted by Gasteiger charge is 2.03. The first-order valence-corrected chi connectivity index (χ1v) is 8.20. The van der Waals surface area contributed by atoms with E-state index >= 15 is 0 Å². The number of hydrogen-bond donors (Lipinski definition) is 3. The van der Waals surface area contributed by atoms with Crippen molar-refractivity contribution in [3.05, 3.63) is 65.5 Å². The third-order valence-corrected chi connectivity index (χ3v) is 3.42. The molecule has 132 valence electrons. The van der Waals surface area contributed by atoms with Crippen LogP contribution in [-0.4, -0.2) is 18.4 Å². The molecule has 0 unspecified atom stereocenters. The maximum absolute atomic E-state index is 13.7. The van der Waals surface area contributed by atoms with Crippen LogP contribution in [0.2, 0.25) is 0 Å². The smallest absolute Gasteiger partial charge is 0.221 e. The fraction of sp³-hybridized carbons (Fsp3) is 0.263. The van der Waals surface area contributed by atoms with E-state index in [9.17, 15) is 9.18 Å². The molecule has 0 spiro atoms. The molecule has 0 saturated carbocycles. The summed E-state index contributed by atoms with van der Waals surface area (Å²) in [5.41, 5.74) is 2.29. The standard InChI is InChI=1S/C19H23FN4O/c1-3-21-19(23-13-16-8-4-5-10-18(16)20)22-12-15-7-6-9-17(11-15)24-14(2)25/h4-11H,3,12-13H2,1-2H3,(H,24,25)(H2,21,22,23). The average Bonchev–Trinajstić information content (AvgIpc) is 2.58. The number of guanidine groups is 1. The zero-order valence-corrected chi connectivity index (χ0v) is 14.5. The predicted octanol–water partition coefficient (Wildman–Crippen LogP) is 3.04. The van der Waals surface area contributed by atoms with Gasteiger partial charge in [-0.15, -0.1) is 0 Å². The monoisotopic (exact) mass is 342 g/mol. The topological polar surface area (TPSA) is 65.5 Å². The van der Waals surface area contributed by atoms with Gasteiger partial charge in [-0.25, -0.2) is 9.38 Å². The zero-order chi connectivity index (χ0) is 18.1. The molecule has 0 bridgehead atoms. The van der Waals surface area contributed by atoms with Crippen LogP contribution in [0, 0.1) is 5.82 Å². The summed E-state index contributed by atoms with van der Waals surface area (Å²) in [5.74, 6) is 0.255. The molecule has 5 nitrogen and oxygen atoms in total. The molecule has 3 N–H and O–H groups in total. The SMILES string of the molecule is CCNC(=NCc1cccc(NC(C)=O)c1)NCc1ccccc1F. The lowest BCUT2D eigenvalue weighted by atomic mass is 10.2. The van der Waals surface area contributed by atoms with E-state index in [0.29, 0.717) is 31.2 Å². The normalized spacial score (nSPS) is 11.1. The van der Waals surface area contributed by atoms with Gasteiger partial charge in [0.25, 0.3) is 0 Å². The highest BCUT2D eigenvalue weighted by Crippen LogP contribution is 2.11. The Balaban J connectivity index is 2.01. The summed E-state index contributed by atoms with van der Waals surface area (Å²) in [6, 6.07) is 14.2. The number of carbonyl (C=O) groups is 1. The first-order valence-electron chi connectivity index (χ1n) is 8.20. The minimum atomic E-state index is -0.242. The maximum atomic E-state index is 13.7. The Morgan fingerprint density at radius 2 is 1.92 bits per heavy atom. The van der Waals surface area contributed by atoms with Gasteiger partial charge >= 0.3 is 0 Å². The molecule has 0 aliphatic heterocycles. The lowest BCUT2D eigenvalue weighted by Gasteiger charge is -2.12. The summed E-state index contributed by atoms with van der Waals surface area (Å²) in [5, 5.41) is 9.01. The molecule has 25 heavy (non-hydrogen) atoms. The van der Waals surface area contributed by atoms with Crippen molar-refractivity contribution in [1.29, 1.82) is 0 Å². The Morgan fingerprint density at radius 1 is 1.12 bits per heavy atom. The van der Waals surface area contributed by atoms with Crippen molar-refractivity contribution < 1.29 is 9.18 Å². The van der Waals surface area contributed by atoms with Gasteiger partial charge in [-0.2, -0.15) is 0 Å². The van der Waals surface area contributed by atoms with Crippen LogP contribution in [0.15, 0.2) is 53.5 Å². The number of amides is 1. The molecule has 0 fully saturated rings. The second-order valence-corrected chi connectivity index (χ2v) is 5.52. The summed E-state index contributed by atoms with van der Waals surface area (Å²) in [6.07, 6.45) is 0. The van der Waals surface area contributed by atoms with Crippen molar-refractivity contribution in [3.8, 4) is 0 Å². The number of carbonyl (C=O) groups excluding carboxylic acids is 1. The van der Waals surface area contributed by atoms with Crippen LogP contribution >= 0.6 is 0 Å². The van der Waals surface area contributed by atoms with Crippen LogP contribution in [0.4, 0.5) is 10.1 Å². The molecule has 2 aromatic carbocycles. The molecule has 0 radical (unpaired) electrons. The van der Waals surface area contributed by atoms with Gasteiger partial charge in [0, 0.05) is 31.3 Å².